The van der Waals surface area contributed by atoms with E-state index in [0.717, 1.165) is 56.4 Å². The lowest BCUT2D eigenvalue weighted by molar-refractivity contribution is -0.138. The highest BCUT2D eigenvalue weighted by molar-refractivity contribution is 8.13. The Morgan fingerprint density at radius 3 is 2.21 bits per heavy atom. The second-order valence-corrected chi connectivity index (χ2v) is 13.7. The maximum Gasteiger partial charge on any atom is 0.261 e. The Morgan fingerprint density at radius 2 is 1.60 bits per heavy atom. The van der Waals surface area contributed by atoms with Crippen molar-refractivity contribution in [3.05, 3.63) is 95.6 Å². The van der Waals surface area contributed by atoms with Crippen LogP contribution in [0.25, 0.3) is 0 Å². The fourth-order valence-electron chi connectivity index (χ4n) is 5.99. The van der Waals surface area contributed by atoms with E-state index in [-0.39, 0.29) is 28.2 Å². The average molecular weight is 610 g/mol. The number of rotatable bonds is 10. The standard InChI is InChI=1S/C32H36ClN3O5S/c1-41-27-11-9-26(10-12-27)30(37)34-29(25-5-3-2-4-6-25)15-19-35-20-16-32(17-21-35)18-22-36(31(32)38)23-24-7-13-28(14-8-24)42(33,39)40/h2-14,29H,15-23H2,1H3,(H,34,37). The number of likely N-dealkylation sites (tertiary alicyclic amines) is 2. The minimum absolute atomic E-state index is 0.0549. The monoisotopic (exact) mass is 609 g/mol. The van der Waals surface area contributed by atoms with E-state index >= 15 is 0 Å². The van der Waals surface area contributed by atoms with Crippen molar-refractivity contribution in [1.29, 1.82) is 0 Å². The molecule has 1 N–H and O–H groups in total. The third kappa shape index (κ3) is 6.97. The number of ether oxygens (including phenoxy) is 1. The number of benzene rings is 3. The molecule has 2 fully saturated rings. The van der Waals surface area contributed by atoms with Gasteiger partial charge in [0.05, 0.1) is 23.5 Å². The highest BCUT2D eigenvalue weighted by atomic mass is 35.7. The molecular weight excluding hydrogens is 574 g/mol. The molecule has 0 aliphatic carbocycles. The molecule has 2 heterocycles. The Hall–Kier alpha value is -3.40. The summed E-state index contributed by atoms with van der Waals surface area (Å²) in [5.74, 6) is 0.765. The highest BCUT2D eigenvalue weighted by Gasteiger charge is 2.47. The number of hydrogen-bond acceptors (Lipinski definition) is 6. The van der Waals surface area contributed by atoms with Crippen molar-refractivity contribution in [2.75, 3.05) is 33.3 Å². The number of methoxy groups -OCH3 is 1. The first-order chi connectivity index (χ1) is 20.2. The van der Waals surface area contributed by atoms with E-state index in [9.17, 15) is 18.0 Å². The zero-order valence-electron chi connectivity index (χ0n) is 23.7. The summed E-state index contributed by atoms with van der Waals surface area (Å²) in [7, 11) is 3.25. The van der Waals surface area contributed by atoms with Crippen LogP contribution in [0, 0.1) is 5.41 Å². The number of piperidine rings is 1. The summed E-state index contributed by atoms with van der Waals surface area (Å²) in [6.07, 6.45) is 3.20. The van der Waals surface area contributed by atoms with Gasteiger partial charge in [-0.3, -0.25) is 9.59 Å². The molecule has 2 amide bonds. The van der Waals surface area contributed by atoms with E-state index in [1.165, 1.54) is 12.1 Å². The maximum absolute atomic E-state index is 13.5. The van der Waals surface area contributed by atoms with Gasteiger partial charge in [0.15, 0.2) is 0 Å². The largest absolute Gasteiger partial charge is 0.497 e. The van der Waals surface area contributed by atoms with Gasteiger partial charge in [-0.05, 0) is 86.3 Å². The van der Waals surface area contributed by atoms with Crippen molar-refractivity contribution >= 4 is 31.5 Å². The van der Waals surface area contributed by atoms with E-state index in [4.69, 9.17) is 15.4 Å². The first-order valence-electron chi connectivity index (χ1n) is 14.2. The Balaban J connectivity index is 1.16. The smallest absolute Gasteiger partial charge is 0.261 e. The van der Waals surface area contributed by atoms with Gasteiger partial charge in [0.25, 0.3) is 15.0 Å². The topological polar surface area (TPSA) is 96.0 Å². The summed E-state index contributed by atoms with van der Waals surface area (Å²) in [6.45, 7) is 3.62. The maximum atomic E-state index is 13.5. The molecule has 0 bridgehead atoms. The third-order valence-corrected chi connectivity index (χ3v) is 9.96. The van der Waals surface area contributed by atoms with Crippen LogP contribution in [0.4, 0.5) is 0 Å². The van der Waals surface area contributed by atoms with Crippen molar-refractivity contribution in [3.63, 3.8) is 0 Å². The molecule has 5 rings (SSSR count). The van der Waals surface area contributed by atoms with Gasteiger partial charge in [-0.15, -0.1) is 0 Å². The van der Waals surface area contributed by atoms with Crippen LogP contribution in [0.2, 0.25) is 0 Å². The Morgan fingerprint density at radius 1 is 0.952 bits per heavy atom. The van der Waals surface area contributed by atoms with E-state index in [0.29, 0.717) is 24.4 Å². The van der Waals surface area contributed by atoms with Gasteiger partial charge in [-0.2, -0.15) is 0 Å². The van der Waals surface area contributed by atoms with E-state index in [1.54, 1.807) is 43.5 Å². The minimum atomic E-state index is -3.77. The minimum Gasteiger partial charge on any atom is -0.497 e. The SMILES string of the molecule is COc1ccc(C(=O)NC(CCN2CCC3(CC2)CCN(Cc2ccc(S(=O)(=O)Cl)cc2)C3=O)c2ccccc2)cc1. The van der Waals surface area contributed by atoms with Gasteiger partial charge in [0.2, 0.25) is 5.91 Å². The molecule has 0 aromatic heterocycles. The quantitative estimate of drug-likeness (QED) is 0.325. The fraction of sp³-hybridized carbons (Fsp3) is 0.375. The van der Waals surface area contributed by atoms with Gasteiger partial charge >= 0.3 is 0 Å². The summed E-state index contributed by atoms with van der Waals surface area (Å²) in [6, 6.07) is 23.4. The first kappa shape index (κ1) is 30.1. The predicted molar refractivity (Wildman–Crippen MR) is 162 cm³/mol. The van der Waals surface area contributed by atoms with Gasteiger partial charge in [-0.25, -0.2) is 8.42 Å². The zero-order chi connectivity index (χ0) is 29.7. The Labute approximate surface area is 252 Å². The summed E-state index contributed by atoms with van der Waals surface area (Å²) in [4.78, 5) is 30.9. The predicted octanol–water partition coefficient (Wildman–Crippen LogP) is 5.00. The molecule has 0 saturated carbocycles. The van der Waals surface area contributed by atoms with Crippen molar-refractivity contribution in [2.24, 2.45) is 5.41 Å². The molecule has 1 atom stereocenters. The summed E-state index contributed by atoms with van der Waals surface area (Å²) >= 11 is 0. The molecule has 1 unspecified atom stereocenters. The van der Waals surface area contributed by atoms with Crippen molar-refractivity contribution in [1.82, 2.24) is 15.1 Å². The number of halogens is 1. The molecule has 10 heteroatoms. The molecule has 2 aliphatic heterocycles. The molecule has 222 valence electrons. The number of nitrogens with one attached hydrogen (secondary N) is 1. The van der Waals surface area contributed by atoms with Crippen LogP contribution in [0.1, 0.15) is 53.2 Å². The second-order valence-electron chi connectivity index (χ2n) is 11.1. The van der Waals surface area contributed by atoms with Gasteiger partial charge in [0, 0.05) is 35.9 Å². The Kier molecular flexibility index (Phi) is 9.20. The van der Waals surface area contributed by atoms with E-state index < -0.39 is 9.05 Å². The lowest BCUT2D eigenvalue weighted by atomic mass is 9.77. The van der Waals surface area contributed by atoms with Crippen LogP contribution in [0.3, 0.4) is 0 Å². The molecule has 8 nitrogen and oxygen atoms in total. The third-order valence-electron chi connectivity index (χ3n) is 8.59. The van der Waals surface area contributed by atoms with Gasteiger partial charge < -0.3 is 19.9 Å². The highest BCUT2D eigenvalue weighted by Crippen LogP contribution is 2.42. The number of nitrogens with zero attached hydrogens (tertiary/aromatic N) is 2. The average Bonchev–Trinajstić information content (AvgIpc) is 3.30. The van der Waals surface area contributed by atoms with Gasteiger partial charge in [0.1, 0.15) is 5.75 Å². The van der Waals surface area contributed by atoms with Crippen LogP contribution in [-0.2, 0) is 20.4 Å². The summed E-state index contributed by atoms with van der Waals surface area (Å²) < 4.78 is 28.3. The van der Waals surface area contributed by atoms with Crippen molar-refractivity contribution < 1.29 is 22.7 Å². The number of carbonyl (C=O) groups is 2. The van der Waals surface area contributed by atoms with Crippen LogP contribution in [0.5, 0.6) is 5.75 Å². The fourth-order valence-corrected chi connectivity index (χ4v) is 6.76. The number of hydrogen-bond donors (Lipinski definition) is 1. The zero-order valence-corrected chi connectivity index (χ0v) is 25.2. The summed E-state index contributed by atoms with van der Waals surface area (Å²) in [5, 5.41) is 3.22. The first-order valence-corrected chi connectivity index (χ1v) is 16.5. The molecule has 0 radical (unpaired) electrons. The van der Waals surface area contributed by atoms with Crippen LogP contribution in [0.15, 0.2) is 83.8 Å². The van der Waals surface area contributed by atoms with Gasteiger partial charge in [-0.1, -0.05) is 42.5 Å². The lowest BCUT2D eigenvalue weighted by Gasteiger charge is -2.38. The summed E-state index contributed by atoms with van der Waals surface area (Å²) in [5.41, 5.74) is 2.19. The van der Waals surface area contributed by atoms with Crippen molar-refractivity contribution in [3.8, 4) is 5.75 Å². The lowest BCUT2D eigenvalue weighted by Crippen LogP contribution is -2.45. The van der Waals surface area contributed by atoms with E-state index in [1.807, 2.05) is 35.2 Å². The molecular formula is C32H36ClN3O5S. The molecule has 3 aromatic rings. The number of carbonyl (C=O) groups excluding carboxylic acids is 2. The van der Waals surface area contributed by atoms with Crippen molar-refractivity contribution in [2.45, 2.75) is 43.2 Å². The normalized spacial score (nSPS) is 17.8. The molecule has 3 aromatic carbocycles. The number of amides is 2. The van der Waals surface area contributed by atoms with Crippen LogP contribution in [-0.4, -0.2) is 63.3 Å². The van der Waals surface area contributed by atoms with Crippen LogP contribution < -0.4 is 10.1 Å². The second kappa shape index (κ2) is 12.9. The molecule has 2 saturated heterocycles. The molecule has 42 heavy (non-hydrogen) atoms. The molecule has 1 spiro atoms. The van der Waals surface area contributed by atoms with Crippen LogP contribution >= 0.6 is 10.7 Å². The van der Waals surface area contributed by atoms with E-state index in [2.05, 4.69) is 10.2 Å². The Bertz CT molecular complexity index is 1490. The molecule has 2 aliphatic rings.